The Kier molecular flexibility index (Phi) is 6.77. The number of nitrogens with zero attached hydrogens (tertiary/aromatic N) is 3. The fourth-order valence-corrected chi connectivity index (χ4v) is 4.86. The van der Waals surface area contributed by atoms with Gasteiger partial charge >= 0.3 is 0 Å². The van der Waals surface area contributed by atoms with E-state index < -0.39 is 6.10 Å². The van der Waals surface area contributed by atoms with E-state index in [0.29, 0.717) is 44.6 Å². The molecule has 1 aromatic carbocycles. The number of fused-ring (bicyclic) bond motifs is 1. The van der Waals surface area contributed by atoms with Crippen molar-refractivity contribution in [3.05, 3.63) is 24.3 Å². The minimum Gasteiger partial charge on any atom is -0.477 e. The highest BCUT2D eigenvalue weighted by molar-refractivity contribution is 5.86. The number of carbonyl (C=O) groups excluding carboxylic acids is 2. The summed E-state index contributed by atoms with van der Waals surface area (Å²) in [6, 6.07) is 8.04. The summed E-state index contributed by atoms with van der Waals surface area (Å²) in [7, 11) is 0. The molecule has 1 unspecified atom stereocenters. The molecule has 0 N–H and O–H groups in total. The Hall–Kier alpha value is -2.28. The molecule has 1 aliphatic carbocycles. The van der Waals surface area contributed by atoms with Crippen LogP contribution in [0.3, 0.4) is 0 Å². The molecule has 4 rings (SSSR count). The summed E-state index contributed by atoms with van der Waals surface area (Å²) in [4.78, 5) is 32.2. The first kappa shape index (κ1) is 21.0. The van der Waals surface area contributed by atoms with Gasteiger partial charge in [0.05, 0.1) is 32.0 Å². The van der Waals surface area contributed by atoms with Gasteiger partial charge in [-0.25, -0.2) is 0 Å². The quantitative estimate of drug-likeness (QED) is 0.739. The van der Waals surface area contributed by atoms with Crippen molar-refractivity contribution in [3.8, 4) is 5.75 Å². The second kappa shape index (κ2) is 9.69. The molecule has 0 spiro atoms. The maximum Gasteiger partial charge on any atom is 0.265 e. The number of para-hydroxylation sites is 2. The maximum atomic E-state index is 13.3. The molecule has 2 fully saturated rings. The number of rotatable bonds is 5. The lowest BCUT2D eigenvalue weighted by atomic mass is 9.94. The molecular formula is C23H33N3O4. The van der Waals surface area contributed by atoms with Gasteiger partial charge in [0.1, 0.15) is 5.75 Å². The van der Waals surface area contributed by atoms with Crippen LogP contribution >= 0.6 is 0 Å². The monoisotopic (exact) mass is 415 g/mol. The average Bonchev–Trinajstić information content (AvgIpc) is 2.80. The van der Waals surface area contributed by atoms with Crippen molar-refractivity contribution < 1.29 is 19.1 Å². The molecule has 164 valence electrons. The molecule has 30 heavy (non-hydrogen) atoms. The second-order valence-electron chi connectivity index (χ2n) is 8.36. The smallest absolute Gasteiger partial charge is 0.265 e. The Labute approximate surface area is 178 Å². The number of hydrogen-bond acceptors (Lipinski definition) is 5. The molecule has 1 saturated heterocycles. The van der Waals surface area contributed by atoms with E-state index in [0.717, 1.165) is 25.1 Å². The molecule has 2 aliphatic heterocycles. The number of ether oxygens (including phenoxy) is 2. The van der Waals surface area contributed by atoms with E-state index in [-0.39, 0.29) is 18.4 Å². The predicted octanol–water partition coefficient (Wildman–Crippen LogP) is 2.29. The Morgan fingerprint density at radius 1 is 1.10 bits per heavy atom. The number of benzene rings is 1. The van der Waals surface area contributed by atoms with E-state index in [2.05, 4.69) is 6.92 Å². The third kappa shape index (κ3) is 4.56. The first-order chi connectivity index (χ1) is 14.7. The van der Waals surface area contributed by atoms with Gasteiger partial charge in [0, 0.05) is 25.7 Å². The van der Waals surface area contributed by atoms with E-state index in [1.54, 1.807) is 0 Å². The maximum absolute atomic E-state index is 13.3. The summed E-state index contributed by atoms with van der Waals surface area (Å²) in [5.74, 6) is 0.785. The molecule has 3 aliphatic rings. The van der Waals surface area contributed by atoms with Gasteiger partial charge in [-0.2, -0.15) is 0 Å². The van der Waals surface area contributed by atoms with Crippen LogP contribution in [0.5, 0.6) is 5.75 Å². The van der Waals surface area contributed by atoms with Gasteiger partial charge in [0.2, 0.25) is 5.91 Å². The molecule has 0 bridgehead atoms. The summed E-state index contributed by atoms with van der Waals surface area (Å²) < 4.78 is 11.4. The van der Waals surface area contributed by atoms with E-state index in [1.807, 2.05) is 39.0 Å². The molecule has 1 atom stereocenters. The Balaban J connectivity index is 1.49. The van der Waals surface area contributed by atoms with Gasteiger partial charge in [-0.15, -0.1) is 0 Å². The number of carbonyl (C=O) groups is 2. The fourth-order valence-electron chi connectivity index (χ4n) is 4.86. The fraction of sp³-hybridized carbons (Fsp3) is 0.652. The van der Waals surface area contributed by atoms with Crippen molar-refractivity contribution in [1.29, 1.82) is 0 Å². The van der Waals surface area contributed by atoms with Gasteiger partial charge in [-0.3, -0.25) is 9.59 Å². The SMILES string of the molecule is CCN(C(=O)CN1CC(C(=O)N2CCOCC2)Oc2ccccc21)C1CCCCC1. The van der Waals surface area contributed by atoms with Crippen LogP contribution in [-0.4, -0.2) is 79.7 Å². The number of amides is 2. The lowest BCUT2D eigenvalue weighted by molar-refractivity contribution is -0.143. The third-order valence-corrected chi connectivity index (χ3v) is 6.46. The third-order valence-electron chi connectivity index (χ3n) is 6.46. The Morgan fingerprint density at radius 3 is 2.57 bits per heavy atom. The topological polar surface area (TPSA) is 62.3 Å². The zero-order chi connectivity index (χ0) is 20.9. The van der Waals surface area contributed by atoms with E-state index >= 15 is 0 Å². The van der Waals surface area contributed by atoms with Gasteiger partial charge in [0.15, 0.2) is 6.10 Å². The molecule has 2 amide bonds. The van der Waals surface area contributed by atoms with Crippen LogP contribution in [0, 0.1) is 0 Å². The van der Waals surface area contributed by atoms with Crippen molar-refractivity contribution in [2.45, 2.75) is 51.2 Å². The minimum atomic E-state index is -0.601. The lowest BCUT2D eigenvalue weighted by Gasteiger charge is -2.40. The van der Waals surface area contributed by atoms with Crippen LogP contribution in [0.2, 0.25) is 0 Å². The number of likely N-dealkylation sites (N-methyl/N-ethyl adjacent to an activating group) is 1. The summed E-state index contributed by atoms with van der Waals surface area (Å²) in [5.41, 5.74) is 0.886. The Bertz CT molecular complexity index is 744. The van der Waals surface area contributed by atoms with Gasteiger partial charge in [0.25, 0.3) is 5.91 Å². The molecule has 2 heterocycles. The first-order valence-electron chi connectivity index (χ1n) is 11.3. The highest BCUT2D eigenvalue weighted by atomic mass is 16.5. The van der Waals surface area contributed by atoms with Gasteiger partial charge in [-0.05, 0) is 31.9 Å². The number of hydrogen-bond donors (Lipinski definition) is 0. The highest BCUT2D eigenvalue weighted by Crippen LogP contribution is 2.34. The van der Waals surface area contributed by atoms with Crippen LogP contribution < -0.4 is 9.64 Å². The van der Waals surface area contributed by atoms with Crippen LogP contribution in [0.4, 0.5) is 5.69 Å². The molecule has 0 radical (unpaired) electrons. The lowest BCUT2D eigenvalue weighted by Crippen LogP contribution is -2.55. The minimum absolute atomic E-state index is 0.0233. The first-order valence-corrected chi connectivity index (χ1v) is 11.3. The predicted molar refractivity (Wildman–Crippen MR) is 115 cm³/mol. The van der Waals surface area contributed by atoms with E-state index in [1.165, 1.54) is 19.3 Å². The average molecular weight is 416 g/mol. The molecule has 1 aromatic rings. The highest BCUT2D eigenvalue weighted by Gasteiger charge is 2.35. The molecular weight excluding hydrogens is 382 g/mol. The summed E-state index contributed by atoms with van der Waals surface area (Å²) in [6.07, 6.45) is 5.25. The van der Waals surface area contributed by atoms with Gasteiger partial charge in [-0.1, -0.05) is 31.4 Å². The summed E-state index contributed by atoms with van der Waals surface area (Å²) in [6.45, 7) is 5.75. The number of anilines is 1. The van der Waals surface area contributed by atoms with Crippen molar-refractivity contribution >= 4 is 17.5 Å². The van der Waals surface area contributed by atoms with E-state index in [4.69, 9.17) is 9.47 Å². The van der Waals surface area contributed by atoms with Gasteiger partial charge < -0.3 is 24.2 Å². The van der Waals surface area contributed by atoms with Crippen molar-refractivity contribution in [3.63, 3.8) is 0 Å². The van der Waals surface area contributed by atoms with Crippen LogP contribution in [-0.2, 0) is 14.3 Å². The van der Waals surface area contributed by atoms with Crippen molar-refractivity contribution in [2.75, 3.05) is 50.8 Å². The van der Waals surface area contributed by atoms with E-state index in [9.17, 15) is 9.59 Å². The van der Waals surface area contributed by atoms with Crippen molar-refractivity contribution in [1.82, 2.24) is 9.80 Å². The molecule has 1 saturated carbocycles. The molecule has 7 heteroatoms. The number of morpholine rings is 1. The Morgan fingerprint density at radius 2 is 1.83 bits per heavy atom. The summed E-state index contributed by atoms with van der Waals surface area (Å²) >= 11 is 0. The molecule has 7 nitrogen and oxygen atoms in total. The summed E-state index contributed by atoms with van der Waals surface area (Å²) in [5, 5.41) is 0. The van der Waals surface area contributed by atoms with Crippen LogP contribution in [0.25, 0.3) is 0 Å². The van der Waals surface area contributed by atoms with Crippen molar-refractivity contribution in [2.24, 2.45) is 0 Å². The zero-order valence-electron chi connectivity index (χ0n) is 17.9. The largest absolute Gasteiger partial charge is 0.477 e. The second-order valence-corrected chi connectivity index (χ2v) is 8.36. The van der Waals surface area contributed by atoms with Crippen LogP contribution in [0.15, 0.2) is 24.3 Å². The van der Waals surface area contributed by atoms with Crippen LogP contribution in [0.1, 0.15) is 39.0 Å². The molecule has 0 aromatic heterocycles. The normalized spacial score (nSPS) is 22.2. The standard InChI is InChI=1S/C23H33N3O4/c1-2-26(18-8-4-3-5-9-18)22(27)17-25-16-21(23(28)24-12-14-29-15-13-24)30-20-11-7-6-10-19(20)25/h6-7,10-11,18,21H,2-5,8-9,12-17H2,1H3. The zero-order valence-corrected chi connectivity index (χ0v) is 17.9.